The summed E-state index contributed by atoms with van der Waals surface area (Å²) in [5, 5.41) is 2.76. The van der Waals surface area contributed by atoms with Gasteiger partial charge >= 0.3 is 0 Å². The summed E-state index contributed by atoms with van der Waals surface area (Å²) in [5.41, 5.74) is 6.29. The molecular weight excluding hydrogens is 178 g/mol. The summed E-state index contributed by atoms with van der Waals surface area (Å²) in [4.78, 5) is 15.3. The van der Waals surface area contributed by atoms with E-state index in [-0.39, 0.29) is 11.9 Å². The van der Waals surface area contributed by atoms with Crippen molar-refractivity contribution in [3.05, 3.63) is 30.1 Å². The van der Waals surface area contributed by atoms with E-state index < -0.39 is 0 Å². The summed E-state index contributed by atoms with van der Waals surface area (Å²) >= 11 is 0. The number of hydrogen-bond donors (Lipinski definition) is 2. The lowest BCUT2D eigenvalue weighted by atomic mass is 10.2. The molecule has 0 aliphatic carbocycles. The van der Waals surface area contributed by atoms with Gasteiger partial charge in [0.15, 0.2) is 0 Å². The van der Waals surface area contributed by atoms with Crippen molar-refractivity contribution in [1.29, 1.82) is 0 Å². The van der Waals surface area contributed by atoms with Crippen LogP contribution in [-0.4, -0.2) is 23.5 Å². The van der Waals surface area contributed by atoms with Crippen molar-refractivity contribution in [2.45, 2.75) is 19.4 Å². The smallest absolute Gasteiger partial charge is 0.251 e. The summed E-state index contributed by atoms with van der Waals surface area (Å²) in [7, 11) is 0. The fraction of sp³-hybridized carbons (Fsp3) is 0.400. The number of pyridine rings is 1. The van der Waals surface area contributed by atoms with Gasteiger partial charge in [-0.1, -0.05) is 6.92 Å². The molecule has 1 amide bonds. The third-order valence-corrected chi connectivity index (χ3v) is 1.99. The lowest BCUT2D eigenvalue weighted by Gasteiger charge is -2.09. The average Bonchev–Trinajstić information content (AvgIpc) is 2.26. The molecule has 14 heavy (non-hydrogen) atoms. The number of nitrogens with two attached hydrogens (primary N) is 1. The number of hydrogen-bond acceptors (Lipinski definition) is 3. The van der Waals surface area contributed by atoms with E-state index in [9.17, 15) is 4.79 Å². The van der Waals surface area contributed by atoms with E-state index in [0.29, 0.717) is 12.1 Å². The van der Waals surface area contributed by atoms with Crippen LogP contribution in [0.5, 0.6) is 0 Å². The van der Waals surface area contributed by atoms with Crippen molar-refractivity contribution in [3.63, 3.8) is 0 Å². The van der Waals surface area contributed by atoms with E-state index in [2.05, 4.69) is 10.3 Å². The van der Waals surface area contributed by atoms with E-state index in [1.165, 1.54) is 0 Å². The van der Waals surface area contributed by atoms with Gasteiger partial charge in [0.25, 0.3) is 5.91 Å². The summed E-state index contributed by atoms with van der Waals surface area (Å²) < 4.78 is 0. The highest BCUT2D eigenvalue weighted by Gasteiger charge is 2.05. The van der Waals surface area contributed by atoms with Gasteiger partial charge < -0.3 is 11.1 Å². The number of carbonyl (C=O) groups excluding carboxylic acids is 1. The maximum Gasteiger partial charge on any atom is 0.251 e. The summed E-state index contributed by atoms with van der Waals surface area (Å²) in [6.07, 6.45) is 4.04. The van der Waals surface area contributed by atoms with Crippen LogP contribution in [0.15, 0.2) is 24.5 Å². The lowest BCUT2D eigenvalue weighted by molar-refractivity contribution is 0.0951. The number of carbonyl (C=O) groups is 1. The van der Waals surface area contributed by atoms with Crippen LogP contribution in [0.4, 0.5) is 0 Å². The van der Waals surface area contributed by atoms with Crippen molar-refractivity contribution in [2.24, 2.45) is 5.73 Å². The van der Waals surface area contributed by atoms with Gasteiger partial charge in [-0.2, -0.15) is 0 Å². The number of amides is 1. The van der Waals surface area contributed by atoms with Gasteiger partial charge in [0.2, 0.25) is 0 Å². The Balaban J connectivity index is 2.44. The fourth-order valence-electron chi connectivity index (χ4n) is 0.973. The van der Waals surface area contributed by atoms with Crippen molar-refractivity contribution in [1.82, 2.24) is 10.3 Å². The molecule has 1 unspecified atom stereocenters. The van der Waals surface area contributed by atoms with Crippen molar-refractivity contribution < 1.29 is 4.79 Å². The van der Waals surface area contributed by atoms with Gasteiger partial charge in [-0.15, -0.1) is 0 Å². The molecule has 0 aliphatic heterocycles. The first-order valence-corrected chi connectivity index (χ1v) is 4.68. The predicted octanol–water partition coefficient (Wildman–Crippen LogP) is 0.549. The maximum atomic E-state index is 11.5. The number of rotatable bonds is 4. The Morgan fingerprint density at radius 1 is 1.57 bits per heavy atom. The van der Waals surface area contributed by atoms with E-state index in [4.69, 9.17) is 5.73 Å². The highest BCUT2D eigenvalue weighted by Crippen LogP contribution is 1.95. The van der Waals surface area contributed by atoms with E-state index in [1.54, 1.807) is 24.5 Å². The first-order valence-electron chi connectivity index (χ1n) is 4.68. The number of aromatic nitrogens is 1. The Morgan fingerprint density at radius 3 is 2.79 bits per heavy atom. The second-order valence-electron chi connectivity index (χ2n) is 3.11. The summed E-state index contributed by atoms with van der Waals surface area (Å²) in [5.74, 6) is -0.101. The van der Waals surface area contributed by atoms with Gasteiger partial charge in [-0.3, -0.25) is 9.78 Å². The highest BCUT2D eigenvalue weighted by atomic mass is 16.1. The van der Waals surface area contributed by atoms with Crippen LogP contribution in [0.1, 0.15) is 23.7 Å². The van der Waals surface area contributed by atoms with E-state index >= 15 is 0 Å². The highest BCUT2D eigenvalue weighted by molar-refractivity contribution is 5.93. The monoisotopic (exact) mass is 193 g/mol. The summed E-state index contributed by atoms with van der Waals surface area (Å²) in [6, 6.07) is 3.38. The minimum Gasteiger partial charge on any atom is -0.350 e. The molecule has 4 heteroatoms. The van der Waals surface area contributed by atoms with Gasteiger partial charge in [-0.25, -0.2) is 0 Å². The molecule has 0 spiro atoms. The van der Waals surface area contributed by atoms with Crippen LogP contribution in [-0.2, 0) is 0 Å². The maximum absolute atomic E-state index is 11.5. The van der Waals surface area contributed by atoms with Crippen LogP contribution < -0.4 is 11.1 Å². The van der Waals surface area contributed by atoms with Gasteiger partial charge in [0.1, 0.15) is 0 Å². The molecule has 0 fully saturated rings. The zero-order chi connectivity index (χ0) is 10.4. The van der Waals surface area contributed by atoms with Crippen LogP contribution >= 0.6 is 0 Å². The normalized spacial score (nSPS) is 12.1. The third-order valence-electron chi connectivity index (χ3n) is 1.99. The molecule has 0 saturated heterocycles. The lowest BCUT2D eigenvalue weighted by Crippen LogP contribution is -2.36. The molecular formula is C10H15N3O. The topological polar surface area (TPSA) is 68.0 Å². The Labute approximate surface area is 83.5 Å². The first kappa shape index (κ1) is 10.7. The van der Waals surface area contributed by atoms with Crippen molar-refractivity contribution in [2.75, 3.05) is 6.54 Å². The molecule has 0 bridgehead atoms. The molecule has 1 aromatic heterocycles. The van der Waals surface area contributed by atoms with Crippen LogP contribution in [0, 0.1) is 0 Å². The molecule has 3 N–H and O–H groups in total. The van der Waals surface area contributed by atoms with Crippen molar-refractivity contribution >= 4 is 5.91 Å². The molecule has 1 atom stereocenters. The van der Waals surface area contributed by atoms with E-state index in [0.717, 1.165) is 6.42 Å². The van der Waals surface area contributed by atoms with Crippen LogP contribution in [0.25, 0.3) is 0 Å². The Bertz CT molecular complexity index is 287. The first-order chi connectivity index (χ1) is 6.74. The fourth-order valence-corrected chi connectivity index (χ4v) is 0.973. The largest absolute Gasteiger partial charge is 0.350 e. The summed E-state index contributed by atoms with van der Waals surface area (Å²) in [6.45, 7) is 2.50. The Morgan fingerprint density at radius 2 is 2.21 bits per heavy atom. The third kappa shape index (κ3) is 3.14. The van der Waals surface area contributed by atoms with Gasteiger partial charge in [0, 0.05) is 30.5 Å². The van der Waals surface area contributed by atoms with Gasteiger partial charge in [-0.05, 0) is 18.6 Å². The molecule has 1 aromatic rings. The average molecular weight is 193 g/mol. The minimum atomic E-state index is -0.101. The number of nitrogens with zero attached hydrogens (tertiary/aromatic N) is 1. The molecule has 0 aliphatic rings. The zero-order valence-corrected chi connectivity index (χ0v) is 8.23. The Hall–Kier alpha value is -1.42. The SMILES string of the molecule is CCC(N)CNC(=O)c1ccncc1. The quantitative estimate of drug-likeness (QED) is 0.733. The second-order valence-corrected chi connectivity index (χ2v) is 3.11. The van der Waals surface area contributed by atoms with Gasteiger partial charge in [0.05, 0.1) is 0 Å². The second kappa shape index (κ2) is 5.34. The zero-order valence-electron chi connectivity index (χ0n) is 8.23. The molecule has 0 saturated carbocycles. The van der Waals surface area contributed by atoms with Crippen LogP contribution in [0.3, 0.4) is 0 Å². The number of nitrogens with one attached hydrogen (secondary N) is 1. The molecule has 76 valence electrons. The minimum absolute atomic E-state index is 0.0285. The van der Waals surface area contributed by atoms with Crippen molar-refractivity contribution in [3.8, 4) is 0 Å². The molecule has 1 heterocycles. The molecule has 0 radical (unpaired) electrons. The Kier molecular flexibility index (Phi) is 4.07. The molecule has 0 aromatic carbocycles. The predicted molar refractivity (Wildman–Crippen MR) is 54.8 cm³/mol. The molecule has 1 rings (SSSR count). The van der Waals surface area contributed by atoms with Crippen LogP contribution in [0.2, 0.25) is 0 Å². The van der Waals surface area contributed by atoms with E-state index in [1.807, 2.05) is 6.92 Å². The molecule has 4 nitrogen and oxygen atoms in total. The standard InChI is InChI=1S/C10H15N3O/c1-2-9(11)7-13-10(14)8-3-5-12-6-4-8/h3-6,9H,2,7,11H2,1H3,(H,13,14).